The molecular formula is C13H17ClN2O3. The average Bonchev–Trinajstić information content (AvgIpc) is 2.93. The number of ether oxygens (including phenoxy) is 1. The molecular weight excluding hydrogens is 268 g/mol. The fraction of sp³-hybridized carbons (Fsp3) is 0.692. The first kappa shape index (κ1) is 12.9. The Morgan fingerprint density at radius 2 is 2.21 bits per heavy atom. The van der Waals surface area contributed by atoms with Gasteiger partial charge in [0.25, 0.3) is 5.91 Å². The van der Waals surface area contributed by atoms with Crippen molar-refractivity contribution in [1.29, 1.82) is 0 Å². The van der Waals surface area contributed by atoms with Crippen LogP contribution in [0.2, 0.25) is 0 Å². The number of rotatable bonds is 3. The Bertz CT molecular complexity index is 462. The molecule has 3 rings (SSSR count). The van der Waals surface area contributed by atoms with Gasteiger partial charge in [-0.2, -0.15) is 0 Å². The zero-order chi connectivity index (χ0) is 13.4. The van der Waals surface area contributed by atoms with Crippen molar-refractivity contribution in [1.82, 2.24) is 10.1 Å². The highest BCUT2D eigenvalue weighted by Gasteiger charge is 2.43. The van der Waals surface area contributed by atoms with Crippen LogP contribution in [0.3, 0.4) is 0 Å². The summed E-state index contributed by atoms with van der Waals surface area (Å²) in [4.78, 5) is 14.5. The second-order valence-electron chi connectivity index (χ2n) is 5.28. The molecule has 2 aliphatic rings. The number of hydrogen-bond donors (Lipinski definition) is 0. The van der Waals surface area contributed by atoms with Crippen molar-refractivity contribution in [3.63, 3.8) is 0 Å². The van der Waals surface area contributed by atoms with E-state index in [-0.39, 0.29) is 23.4 Å². The van der Waals surface area contributed by atoms with Crippen molar-refractivity contribution in [2.45, 2.75) is 49.8 Å². The summed E-state index contributed by atoms with van der Waals surface area (Å²) >= 11 is 6.22. The highest BCUT2D eigenvalue weighted by atomic mass is 35.5. The van der Waals surface area contributed by atoms with E-state index in [4.69, 9.17) is 20.9 Å². The van der Waals surface area contributed by atoms with E-state index in [9.17, 15) is 4.79 Å². The van der Waals surface area contributed by atoms with E-state index >= 15 is 0 Å². The van der Waals surface area contributed by atoms with Crippen molar-refractivity contribution in [3.8, 4) is 0 Å². The molecule has 0 saturated carbocycles. The first-order valence-corrected chi connectivity index (χ1v) is 7.04. The molecule has 2 atom stereocenters. The predicted molar refractivity (Wildman–Crippen MR) is 69.1 cm³/mol. The van der Waals surface area contributed by atoms with Crippen molar-refractivity contribution in [2.24, 2.45) is 0 Å². The van der Waals surface area contributed by atoms with E-state index in [1.165, 1.54) is 0 Å². The Hall–Kier alpha value is -1.07. The third-order valence-electron chi connectivity index (χ3n) is 3.97. The SMILES string of the molecule is COCc1cc(C(=O)N2C3CCC2CC(Cl)C3)no1. The second-order valence-corrected chi connectivity index (χ2v) is 5.89. The summed E-state index contributed by atoms with van der Waals surface area (Å²) in [6.45, 7) is 0.330. The minimum Gasteiger partial charge on any atom is -0.377 e. The summed E-state index contributed by atoms with van der Waals surface area (Å²) in [5, 5.41) is 4.04. The molecule has 0 aromatic carbocycles. The molecule has 2 fully saturated rings. The van der Waals surface area contributed by atoms with Crippen LogP contribution in [0.15, 0.2) is 10.6 Å². The highest BCUT2D eigenvalue weighted by molar-refractivity contribution is 6.20. The van der Waals surface area contributed by atoms with Gasteiger partial charge >= 0.3 is 0 Å². The van der Waals surface area contributed by atoms with Gasteiger partial charge in [0.2, 0.25) is 0 Å². The molecule has 2 unspecified atom stereocenters. The van der Waals surface area contributed by atoms with Crippen LogP contribution in [-0.2, 0) is 11.3 Å². The van der Waals surface area contributed by atoms with Gasteiger partial charge in [0.1, 0.15) is 6.61 Å². The molecule has 0 N–H and O–H groups in total. The molecule has 6 heteroatoms. The number of methoxy groups -OCH3 is 1. The lowest BCUT2D eigenvalue weighted by Crippen LogP contribution is -2.47. The number of piperidine rings is 1. The van der Waals surface area contributed by atoms with Crippen LogP contribution in [0.5, 0.6) is 0 Å². The van der Waals surface area contributed by atoms with E-state index < -0.39 is 0 Å². The zero-order valence-electron chi connectivity index (χ0n) is 10.8. The Morgan fingerprint density at radius 1 is 1.53 bits per heavy atom. The fourth-order valence-electron chi connectivity index (χ4n) is 3.20. The number of hydrogen-bond acceptors (Lipinski definition) is 4. The molecule has 2 saturated heterocycles. The van der Waals surface area contributed by atoms with Crippen LogP contribution in [-0.4, -0.2) is 40.5 Å². The summed E-state index contributed by atoms with van der Waals surface area (Å²) in [7, 11) is 1.58. The van der Waals surface area contributed by atoms with E-state index in [0.29, 0.717) is 18.1 Å². The zero-order valence-corrected chi connectivity index (χ0v) is 11.6. The van der Waals surface area contributed by atoms with Crippen LogP contribution < -0.4 is 0 Å². The molecule has 1 amide bonds. The van der Waals surface area contributed by atoms with Crippen LogP contribution in [0.4, 0.5) is 0 Å². The van der Waals surface area contributed by atoms with Gasteiger partial charge in [-0.3, -0.25) is 4.79 Å². The summed E-state index contributed by atoms with van der Waals surface area (Å²) in [5.41, 5.74) is 0.372. The van der Waals surface area contributed by atoms with Gasteiger partial charge in [0, 0.05) is 30.6 Å². The van der Waals surface area contributed by atoms with E-state index in [1.807, 2.05) is 4.90 Å². The number of halogens is 1. The maximum atomic E-state index is 12.5. The molecule has 0 aliphatic carbocycles. The first-order chi connectivity index (χ1) is 9.19. The van der Waals surface area contributed by atoms with Gasteiger partial charge in [0.05, 0.1) is 0 Å². The topological polar surface area (TPSA) is 55.6 Å². The third kappa shape index (κ3) is 2.37. The monoisotopic (exact) mass is 284 g/mol. The highest BCUT2D eigenvalue weighted by Crippen LogP contribution is 2.38. The Labute approximate surface area is 116 Å². The summed E-state index contributed by atoms with van der Waals surface area (Å²) < 4.78 is 10.0. The third-order valence-corrected chi connectivity index (χ3v) is 4.33. The standard InChI is InChI=1S/C13H17ClN2O3/c1-18-7-11-6-12(15-19-11)13(17)16-9-2-3-10(16)5-8(14)4-9/h6,8-10H,2-5,7H2,1H3. The van der Waals surface area contributed by atoms with Gasteiger partial charge in [-0.05, 0) is 25.7 Å². The summed E-state index contributed by atoms with van der Waals surface area (Å²) in [6, 6.07) is 2.19. The minimum absolute atomic E-state index is 0.0397. The number of fused-ring (bicyclic) bond motifs is 2. The summed E-state index contributed by atoms with van der Waals surface area (Å²) in [5.74, 6) is 0.535. The summed E-state index contributed by atoms with van der Waals surface area (Å²) in [6.07, 6.45) is 3.85. The van der Waals surface area contributed by atoms with Crippen molar-refractivity contribution in [2.75, 3.05) is 7.11 Å². The van der Waals surface area contributed by atoms with E-state index in [0.717, 1.165) is 25.7 Å². The van der Waals surface area contributed by atoms with Gasteiger partial charge in [-0.15, -0.1) is 11.6 Å². The number of alkyl halides is 1. The predicted octanol–water partition coefficient (Wildman–Crippen LogP) is 2.20. The van der Waals surface area contributed by atoms with Gasteiger partial charge in [-0.1, -0.05) is 5.16 Å². The van der Waals surface area contributed by atoms with Crippen molar-refractivity contribution >= 4 is 17.5 Å². The number of amides is 1. The number of carbonyl (C=O) groups is 1. The lowest BCUT2D eigenvalue weighted by atomic mass is 10.0. The normalized spacial score (nSPS) is 29.8. The average molecular weight is 285 g/mol. The molecule has 1 aromatic heterocycles. The van der Waals surface area contributed by atoms with Crippen LogP contribution in [0.25, 0.3) is 0 Å². The Kier molecular flexibility index (Phi) is 3.50. The van der Waals surface area contributed by atoms with Gasteiger partial charge in [0.15, 0.2) is 11.5 Å². The lowest BCUT2D eigenvalue weighted by Gasteiger charge is -2.36. The van der Waals surface area contributed by atoms with Crippen LogP contribution in [0.1, 0.15) is 41.9 Å². The number of nitrogens with zero attached hydrogens (tertiary/aromatic N) is 2. The Balaban J connectivity index is 1.76. The molecule has 2 aliphatic heterocycles. The first-order valence-electron chi connectivity index (χ1n) is 6.60. The van der Waals surface area contributed by atoms with Gasteiger partial charge < -0.3 is 14.2 Å². The van der Waals surface area contributed by atoms with E-state index in [1.54, 1.807) is 13.2 Å². The lowest BCUT2D eigenvalue weighted by molar-refractivity contribution is 0.0588. The number of aromatic nitrogens is 1. The van der Waals surface area contributed by atoms with Crippen molar-refractivity contribution in [3.05, 3.63) is 17.5 Å². The van der Waals surface area contributed by atoms with Crippen LogP contribution in [0, 0.1) is 0 Å². The minimum atomic E-state index is -0.0397. The van der Waals surface area contributed by atoms with Crippen LogP contribution >= 0.6 is 11.6 Å². The Morgan fingerprint density at radius 3 is 2.84 bits per heavy atom. The maximum absolute atomic E-state index is 12.5. The molecule has 5 nitrogen and oxygen atoms in total. The largest absolute Gasteiger partial charge is 0.377 e. The second kappa shape index (κ2) is 5.13. The molecule has 2 bridgehead atoms. The number of carbonyl (C=O) groups excluding carboxylic acids is 1. The van der Waals surface area contributed by atoms with E-state index in [2.05, 4.69) is 5.16 Å². The quantitative estimate of drug-likeness (QED) is 0.799. The fourth-order valence-corrected chi connectivity index (χ4v) is 3.61. The molecule has 19 heavy (non-hydrogen) atoms. The molecule has 3 heterocycles. The molecule has 0 spiro atoms. The molecule has 0 radical (unpaired) electrons. The molecule has 1 aromatic rings. The van der Waals surface area contributed by atoms with Crippen molar-refractivity contribution < 1.29 is 14.1 Å². The maximum Gasteiger partial charge on any atom is 0.276 e. The molecule has 104 valence electrons. The smallest absolute Gasteiger partial charge is 0.276 e. The van der Waals surface area contributed by atoms with Gasteiger partial charge in [-0.25, -0.2) is 0 Å².